The highest BCUT2D eigenvalue weighted by Crippen LogP contribution is 2.24. The molecular weight excluding hydrogens is 334 g/mol. The smallest absolute Gasteiger partial charge is 0.183 e. The Morgan fingerprint density at radius 2 is 1.63 bits per heavy atom. The maximum atomic E-state index is 4.75. The van der Waals surface area contributed by atoms with E-state index < -0.39 is 0 Å². The van der Waals surface area contributed by atoms with Gasteiger partial charge in [-0.25, -0.2) is 15.0 Å². The van der Waals surface area contributed by atoms with E-state index in [1.165, 1.54) is 16.3 Å². The van der Waals surface area contributed by atoms with E-state index in [0.717, 1.165) is 16.9 Å². The molecular formula is C22H17N5. The summed E-state index contributed by atoms with van der Waals surface area (Å²) in [6, 6.07) is 24.7. The molecule has 3 aromatic carbocycles. The SMILES string of the molecule is c1ccc(-c2nc(NCc3cccc4ccccc34)c3[nH]cnc3n2)cc1. The monoisotopic (exact) mass is 351 g/mol. The Kier molecular flexibility index (Phi) is 3.76. The minimum absolute atomic E-state index is 0.657. The predicted octanol–water partition coefficient (Wildman–Crippen LogP) is 4.79. The van der Waals surface area contributed by atoms with Crippen LogP contribution in [0.5, 0.6) is 0 Å². The van der Waals surface area contributed by atoms with Crippen LogP contribution in [0, 0.1) is 0 Å². The average molecular weight is 351 g/mol. The number of nitrogens with one attached hydrogen (secondary N) is 2. The molecule has 0 saturated carbocycles. The van der Waals surface area contributed by atoms with E-state index >= 15 is 0 Å². The van der Waals surface area contributed by atoms with Gasteiger partial charge in [0.25, 0.3) is 0 Å². The highest BCUT2D eigenvalue weighted by Gasteiger charge is 2.11. The molecule has 0 aliphatic heterocycles. The van der Waals surface area contributed by atoms with Gasteiger partial charge in [-0.1, -0.05) is 72.8 Å². The van der Waals surface area contributed by atoms with Gasteiger partial charge >= 0.3 is 0 Å². The van der Waals surface area contributed by atoms with E-state index in [1.54, 1.807) is 6.33 Å². The van der Waals surface area contributed by atoms with E-state index in [-0.39, 0.29) is 0 Å². The Balaban J connectivity index is 1.54. The number of fused-ring (bicyclic) bond motifs is 2. The van der Waals surface area contributed by atoms with Crippen molar-refractivity contribution in [3.63, 3.8) is 0 Å². The lowest BCUT2D eigenvalue weighted by molar-refractivity contribution is 1.11. The van der Waals surface area contributed by atoms with E-state index in [1.807, 2.05) is 30.3 Å². The molecule has 130 valence electrons. The molecule has 2 N–H and O–H groups in total. The second kappa shape index (κ2) is 6.53. The normalized spacial score (nSPS) is 11.1. The zero-order chi connectivity index (χ0) is 18.1. The largest absolute Gasteiger partial charge is 0.364 e. The summed E-state index contributed by atoms with van der Waals surface area (Å²) >= 11 is 0. The fraction of sp³-hybridized carbons (Fsp3) is 0.0455. The van der Waals surface area contributed by atoms with Gasteiger partial charge in [0, 0.05) is 12.1 Å². The second-order valence-corrected chi connectivity index (χ2v) is 6.35. The highest BCUT2D eigenvalue weighted by molar-refractivity contribution is 5.87. The van der Waals surface area contributed by atoms with Crippen LogP contribution < -0.4 is 5.32 Å². The first-order valence-corrected chi connectivity index (χ1v) is 8.85. The van der Waals surface area contributed by atoms with Crippen molar-refractivity contribution in [2.75, 3.05) is 5.32 Å². The lowest BCUT2D eigenvalue weighted by Crippen LogP contribution is -2.04. The maximum Gasteiger partial charge on any atom is 0.183 e. The van der Waals surface area contributed by atoms with Gasteiger partial charge in [-0.3, -0.25) is 0 Å². The maximum absolute atomic E-state index is 4.75. The van der Waals surface area contributed by atoms with Crippen LogP contribution in [0.1, 0.15) is 5.56 Å². The molecule has 0 bridgehead atoms. The number of hydrogen-bond acceptors (Lipinski definition) is 4. The molecule has 27 heavy (non-hydrogen) atoms. The Morgan fingerprint density at radius 3 is 2.56 bits per heavy atom. The van der Waals surface area contributed by atoms with E-state index in [0.29, 0.717) is 18.0 Å². The molecule has 0 unspecified atom stereocenters. The molecule has 0 aliphatic carbocycles. The van der Waals surface area contributed by atoms with Crippen LogP contribution >= 0.6 is 0 Å². The molecule has 0 aliphatic rings. The third kappa shape index (κ3) is 2.89. The summed E-state index contributed by atoms with van der Waals surface area (Å²) in [7, 11) is 0. The van der Waals surface area contributed by atoms with Crippen molar-refractivity contribution in [3.8, 4) is 11.4 Å². The average Bonchev–Trinajstić information content (AvgIpc) is 3.21. The quantitative estimate of drug-likeness (QED) is 0.489. The van der Waals surface area contributed by atoms with Crippen molar-refractivity contribution >= 4 is 27.8 Å². The molecule has 5 rings (SSSR count). The summed E-state index contributed by atoms with van der Waals surface area (Å²) in [6.07, 6.45) is 1.65. The molecule has 5 nitrogen and oxygen atoms in total. The van der Waals surface area contributed by atoms with Gasteiger partial charge in [-0.05, 0) is 16.3 Å². The fourth-order valence-corrected chi connectivity index (χ4v) is 3.30. The van der Waals surface area contributed by atoms with Crippen LogP contribution in [-0.4, -0.2) is 19.9 Å². The number of imidazole rings is 1. The number of aromatic amines is 1. The van der Waals surface area contributed by atoms with Crippen molar-refractivity contribution in [1.29, 1.82) is 0 Å². The minimum atomic E-state index is 0.657. The van der Waals surface area contributed by atoms with Gasteiger partial charge in [0.1, 0.15) is 5.52 Å². The van der Waals surface area contributed by atoms with Gasteiger partial charge in [0.2, 0.25) is 0 Å². The second-order valence-electron chi connectivity index (χ2n) is 6.35. The molecule has 0 saturated heterocycles. The van der Waals surface area contributed by atoms with Crippen molar-refractivity contribution < 1.29 is 0 Å². The molecule has 2 aromatic heterocycles. The highest BCUT2D eigenvalue weighted by atomic mass is 15.1. The minimum Gasteiger partial charge on any atom is -0.364 e. The van der Waals surface area contributed by atoms with Crippen molar-refractivity contribution in [1.82, 2.24) is 19.9 Å². The van der Waals surface area contributed by atoms with Crippen molar-refractivity contribution in [2.24, 2.45) is 0 Å². The van der Waals surface area contributed by atoms with Crippen LogP contribution in [0.2, 0.25) is 0 Å². The van der Waals surface area contributed by atoms with Gasteiger partial charge < -0.3 is 10.3 Å². The number of H-pyrrole nitrogens is 1. The number of rotatable bonds is 4. The van der Waals surface area contributed by atoms with Crippen LogP contribution in [0.15, 0.2) is 79.1 Å². The summed E-state index contributed by atoms with van der Waals surface area (Å²) < 4.78 is 0. The van der Waals surface area contributed by atoms with Crippen LogP contribution in [0.25, 0.3) is 33.3 Å². The number of nitrogens with zero attached hydrogens (tertiary/aromatic N) is 3. The predicted molar refractivity (Wildman–Crippen MR) is 108 cm³/mol. The molecule has 5 heteroatoms. The third-order valence-corrected chi connectivity index (χ3v) is 4.64. The number of aromatic nitrogens is 4. The molecule has 0 amide bonds. The van der Waals surface area contributed by atoms with Crippen LogP contribution in [-0.2, 0) is 6.54 Å². The summed E-state index contributed by atoms with van der Waals surface area (Å²) in [4.78, 5) is 16.8. The fourth-order valence-electron chi connectivity index (χ4n) is 3.30. The van der Waals surface area contributed by atoms with Gasteiger partial charge in [-0.2, -0.15) is 0 Å². The Hall–Kier alpha value is -3.73. The van der Waals surface area contributed by atoms with Crippen molar-refractivity contribution in [2.45, 2.75) is 6.54 Å². The molecule has 0 fully saturated rings. The standard InChI is InChI=1S/C22H17N5/c1-2-8-16(9-3-1)20-26-21(19-22(27-20)25-14-24-19)23-13-17-11-6-10-15-7-4-5-12-18(15)17/h1-12,14H,13H2,(H2,23,24,25,26,27). The molecule has 0 spiro atoms. The molecule has 0 radical (unpaired) electrons. The Bertz CT molecular complexity index is 1220. The molecule has 2 heterocycles. The van der Waals surface area contributed by atoms with Gasteiger partial charge in [0.15, 0.2) is 17.3 Å². The lowest BCUT2D eigenvalue weighted by atomic mass is 10.0. The lowest BCUT2D eigenvalue weighted by Gasteiger charge is -2.10. The number of benzene rings is 3. The van der Waals surface area contributed by atoms with Crippen molar-refractivity contribution in [3.05, 3.63) is 84.7 Å². The van der Waals surface area contributed by atoms with Gasteiger partial charge in [0.05, 0.1) is 6.33 Å². The molecule has 5 aromatic rings. The Labute approximate surface area is 156 Å². The van der Waals surface area contributed by atoms with E-state index in [2.05, 4.69) is 62.7 Å². The Morgan fingerprint density at radius 1 is 0.815 bits per heavy atom. The van der Waals surface area contributed by atoms with E-state index in [9.17, 15) is 0 Å². The third-order valence-electron chi connectivity index (χ3n) is 4.64. The zero-order valence-corrected chi connectivity index (χ0v) is 14.6. The van der Waals surface area contributed by atoms with Gasteiger partial charge in [-0.15, -0.1) is 0 Å². The zero-order valence-electron chi connectivity index (χ0n) is 14.6. The number of anilines is 1. The molecule has 0 atom stereocenters. The topological polar surface area (TPSA) is 66.5 Å². The number of hydrogen-bond donors (Lipinski definition) is 2. The first-order valence-electron chi connectivity index (χ1n) is 8.85. The summed E-state index contributed by atoms with van der Waals surface area (Å²) in [5.41, 5.74) is 3.66. The van der Waals surface area contributed by atoms with E-state index in [4.69, 9.17) is 4.98 Å². The van der Waals surface area contributed by atoms with Crippen LogP contribution in [0.3, 0.4) is 0 Å². The summed E-state index contributed by atoms with van der Waals surface area (Å²) in [5.74, 6) is 1.42. The van der Waals surface area contributed by atoms with Crippen LogP contribution in [0.4, 0.5) is 5.82 Å². The first kappa shape index (κ1) is 15.5. The summed E-state index contributed by atoms with van der Waals surface area (Å²) in [5, 5.41) is 5.94. The summed E-state index contributed by atoms with van der Waals surface area (Å²) in [6.45, 7) is 0.667. The first-order chi connectivity index (χ1) is 13.4.